The van der Waals surface area contributed by atoms with Crippen LogP contribution in [0.5, 0.6) is 0 Å². The summed E-state index contributed by atoms with van der Waals surface area (Å²) in [5.74, 6) is 1.17. The van der Waals surface area contributed by atoms with Gasteiger partial charge in [0.2, 0.25) is 0 Å². The van der Waals surface area contributed by atoms with Gasteiger partial charge >= 0.3 is 0 Å². The maximum atomic E-state index is 11.8. The number of nitrogen functional groups attached to an aromatic ring is 1. The van der Waals surface area contributed by atoms with E-state index in [4.69, 9.17) is 5.73 Å². The van der Waals surface area contributed by atoms with Gasteiger partial charge in [0.1, 0.15) is 5.82 Å². The van der Waals surface area contributed by atoms with E-state index in [0.29, 0.717) is 0 Å². The first-order chi connectivity index (χ1) is 7.02. The summed E-state index contributed by atoms with van der Waals surface area (Å²) >= 11 is 0. The molecule has 0 unspecified atom stereocenters. The summed E-state index contributed by atoms with van der Waals surface area (Å²) in [6.07, 6.45) is 0. The van der Waals surface area contributed by atoms with E-state index in [1.54, 1.807) is 10.6 Å². The molecule has 0 fully saturated rings. The molecule has 2 heterocycles. The van der Waals surface area contributed by atoms with E-state index in [0.717, 1.165) is 30.2 Å². The van der Waals surface area contributed by atoms with Gasteiger partial charge in [0.15, 0.2) is 0 Å². The molecule has 0 atom stereocenters. The quantitative estimate of drug-likeness (QED) is 0.747. The molecule has 2 rings (SSSR count). The Balaban J connectivity index is 2.71. The SMILES string of the molecule is CC(C)c1cc(=O)n2c(c1N)N(C)CC2. The molecule has 0 spiro atoms. The van der Waals surface area contributed by atoms with E-state index >= 15 is 0 Å². The lowest BCUT2D eigenvalue weighted by atomic mass is 10.0. The molecule has 0 radical (unpaired) electrons. The van der Waals surface area contributed by atoms with E-state index in [9.17, 15) is 4.79 Å². The molecule has 1 aliphatic rings. The predicted octanol–water partition coefficient (Wildman–Crippen LogP) is 1.00. The zero-order valence-electron chi connectivity index (χ0n) is 9.45. The van der Waals surface area contributed by atoms with Crippen LogP contribution in [0.25, 0.3) is 0 Å². The molecule has 0 aliphatic carbocycles. The molecule has 4 nitrogen and oxygen atoms in total. The normalized spacial score (nSPS) is 14.8. The van der Waals surface area contributed by atoms with Gasteiger partial charge in [-0.05, 0) is 11.5 Å². The van der Waals surface area contributed by atoms with Crippen LogP contribution in [-0.4, -0.2) is 18.2 Å². The lowest BCUT2D eigenvalue weighted by Gasteiger charge is -2.18. The fourth-order valence-corrected chi connectivity index (χ4v) is 2.13. The summed E-state index contributed by atoms with van der Waals surface area (Å²) in [6.45, 7) is 5.71. The standard InChI is InChI=1S/C11H17N3O/c1-7(2)8-6-9(15)14-5-4-13(3)11(14)10(8)12/h6-7H,4-5,12H2,1-3H3. The molecule has 15 heavy (non-hydrogen) atoms. The highest BCUT2D eigenvalue weighted by Crippen LogP contribution is 2.31. The van der Waals surface area contributed by atoms with Crippen LogP contribution in [0.3, 0.4) is 0 Å². The number of hydrogen-bond acceptors (Lipinski definition) is 3. The number of hydrogen-bond donors (Lipinski definition) is 1. The van der Waals surface area contributed by atoms with Crippen LogP contribution in [-0.2, 0) is 6.54 Å². The van der Waals surface area contributed by atoms with Crippen LogP contribution in [0.1, 0.15) is 25.3 Å². The Kier molecular flexibility index (Phi) is 2.21. The minimum atomic E-state index is 0.0623. The molecule has 2 N–H and O–H groups in total. The molecule has 1 aromatic rings. The Morgan fingerprint density at radius 1 is 1.40 bits per heavy atom. The van der Waals surface area contributed by atoms with Gasteiger partial charge in [0.05, 0.1) is 5.69 Å². The Morgan fingerprint density at radius 3 is 2.67 bits per heavy atom. The van der Waals surface area contributed by atoms with E-state index in [-0.39, 0.29) is 11.5 Å². The zero-order valence-corrected chi connectivity index (χ0v) is 9.45. The molecule has 0 amide bonds. The topological polar surface area (TPSA) is 51.3 Å². The number of pyridine rings is 1. The Labute approximate surface area is 89.3 Å². The van der Waals surface area contributed by atoms with Crippen molar-refractivity contribution in [2.75, 3.05) is 24.2 Å². The first-order valence-corrected chi connectivity index (χ1v) is 5.26. The highest BCUT2D eigenvalue weighted by Gasteiger charge is 2.22. The molecule has 0 saturated carbocycles. The van der Waals surface area contributed by atoms with Crippen molar-refractivity contribution in [1.29, 1.82) is 0 Å². The molecule has 0 aromatic carbocycles. The molecule has 0 bridgehead atoms. The van der Waals surface area contributed by atoms with Gasteiger partial charge in [-0.2, -0.15) is 0 Å². The monoisotopic (exact) mass is 207 g/mol. The van der Waals surface area contributed by atoms with Crippen molar-refractivity contribution in [2.45, 2.75) is 26.3 Å². The molecule has 1 aromatic heterocycles. The zero-order chi connectivity index (χ0) is 11.2. The second kappa shape index (κ2) is 3.29. The van der Waals surface area contributed by atoms with Crippen molar-refractivity contribution in [1.82, 2.24) is 4.57 Å². The average molecular weight is 207 g/mol. The Hall–Kier alpha value is -1.45. The lowest BCUT2D eigenvalue weighted by Crippen LogP contribution is -2.21. The van der Waals surface area contributed by atoms with Crippen molar-refractivity contribution in [3.63, 3.8) is 0 Å². The first-order valence-electron chi connectivity index (χ1n) is 5.26. The van der Waals surface area contributed by atoms with Crippen molar-refractivity contribution in [3.8, 4) is 0 Å². The van der Waals surface area contributed by atoms with Gasteiger partial charge < -0.3 is 10.6 Å². The van der Waals surface area contributed by atoms with Gasteiger partial charge in [-0.15, -0.1) is 0 Å². The molecular formula is C11H17N3O. The largest absolute Gasteiger partial charge is 0.396 e. The van der Waals surface area contributed by atoms with Crippen molar-refractivity contribution in [3.05, 3.63) is 22.0 Å². The highest BCUT2D eigenvalue weighted by atomic mass is 16.1. The van der Waals surface area contributed by atoms with Crippen LogP contribution in [0.2, 0.25) is 0 Å². The van der Waals surface area contributed by atoms with Gasteiger partial charge in [0, 0.05) is 26.2 Å². The molecular weight excluding hydrogens is 190 g/mol. The van der Waals surface area contributed by atoms with E-state index in [2.05, 4.69) is 13.8 Å². The summed E-state index contributed by atoms with van der Waals surface area (Å²) in [5.41, 5.74) is 7.87. The second-order valence-corrected chi connectivity index (χ2v) is 4.40. The molecule has 1 aliphatic heterocycles. The molecule has 0 saturated heterocycles. The number of nitrogens with two attached hydrogens (primary N) is 1. The highest BCUT2D eigenvalue weighted by molar-refractivity contribution is 5.69. The van der Waals surface area contributed by atoms with Crippen LogP contribution in [0, 0.1) is 0 Å². The lowest BCUT2D eigenvalue weighted by molar-refractivity contribution is 0.757. The molecule has 4 heteroatoms. The third kappa shape index (κ3) is 1.40. The van der Waals surface area contributed by atoms with Gasteiger partial charge in [-0.3, -0.25) is 9.36 Å². The van der Waals surface area contributed by atoms with E-state index < -0.39 is 0 Å². The van der Waals surface area contributed by atoms with Gasteiger partial charge in [0.25, 0.3) is 5.56 Å². The van der Waals surface area contributed by atoms with Crippen molar-refractivity contribution >= 4 is 11.5 Å². The maximum absolute atomic E-state index is 11.8. The van der Waals surface area contributed by atoms with Gasteiger partial charge in [-0.1, -0.05) is 13.8 Å². The predicted molar refractivity (Wildman–Crippen MR) is 62.5 cm³/mol. The third-order valence-corrected chi connectivity index (χ3v) is 3.00. The summed E-state index contributed by atoms with van der Waals surface area (Å²) in [4.78, 5) is 13.9. The summed E-state index contributed by atoms with van der Waals surface area (Å²) in [7, 11) is 1.97. The molecule has 82 valence electrons. The van der Waals surface area contributed by atoms with Crippen LogP contribution < -0.4 is 16.2 Å². The Morgan fingerprint density at radius 2 is 2.07 bits per heavy atom. The van der Waals surface area contributed by atoms with Gasteiger partial charge in [-0.25, -0.2) is 0 Å². The number of anilines is 2. The van der Waals surface area contributed by atoms with E-state index in [1.165, 1.54) is 0 Å². The maximum Gasteiger partial charge on any atom is 0.252 e. The fourth-order valence-electron chi connectivity index (χ4n) is 2.13. The summed E-state index contributed by atoms with van der Waals surface area (Å²) < 4.78 is 1.75. The summed E-state index contributed by atoms with van der Waals surface area (Å²) in [6, 6.07) is 1.67. The first kappa shape index (κ1) is 10.1. The van der Waals surface area contributed by atoms with Crippen LogP contribution >= 0.6 is 0 Å². The van der Waals surface area contributed by atoms with Crippen molar-refractivity contribution in [2.24, 2.45) is 0 Å². The minimum Gasteiger partial charge on any atom is -0.396 e. The van der Waals surface area contributed by atoms with Crippen LogP contribution in [0.4, 0.5) is 11.5 Å². The smallest absolute Gasteiger partial charge is 0.252 e. The minimum absolute atomic E-state index is 0.0623. The number of rotatable bonds is 1. The van der Waals surface area contributed by atoms with Crippen molar-refractivity contribution < 1.29 is 0 Å². The van der Waals surface area contributed by atoms with E-state index in [1.807, 2.05) is 11.9 Å². The average Bonchev–Trinajstić information content (AvgIpc) is 2.54. The fraction of sp³-hybridized carbons (Fsp3) is 0.545. The number of aromatic nitrogens is 1. The second-order valence-electron chi connectivity index (χ2n) is 4.40. The summed E-state index contributed by atoms with van der Waals surface area (Å²) in [5, 5.41) is 0. The van der Waals surface area contributed by atoms with Crippen LogP contribution in [0.15, 0.2) is 10.9 Å². The number of fused-ring (bicyclic) bond motifs is 1. The number of likely N-dealkylation sites (N-methyl/N-ethyl adjacent to an activating group) is 1. The Bertz CT molecular complexity index is 448. The third-order valence-electron chi connectivity index (χ3n) is 3.00. The number of nitrogens with zero attached hydrogens (tertiary/aromatic N) is 2.